The average Bonchev–Trinajstić information content (AvgIpc) is 2.81. The zero-order chi connectivity index (χ0) is 26.0. The Morgan fingerprint density at radius 3 is 2.40 bits per heavy atom. The number of unbranched alkanes of at least 4 members (excludes halogenated alkanes) is 2. The number of nitrogens with zero attached hydrogens (tertiary/aromatic N) is 1. The van der Waals surface area contributed by atoms with Crippen LogP contribution in [0.25, 0.3) is 0 Å². The molecule has 0 unspecified atom stereocenters. The van der Waals surface area contributed by atoms with Crippen LogP contribution in [0, 0.1) is 0 Å². The number of carbonyl (C=O) groups is 3. The molecule has 9 nitrogen and oxygen atoms in total. The molecule has 1 heterocycles. The van der Waals surface area contributed by atoms with Crippen LogP contribution in [0.5, 0.6) is 5.75 Å². The van der Waals surface area contributed by atoms with Crippen molar-refractivity contribution < 1.29 is 23.9 Å². The fourth-order valence-corrected chi connectivity index (χ4v) is 3.26. The van der Waals surface area contributed by atoms with Gasteiger partial charge in [0.1, 0.15) is 11.6 Å². The summed E-state index contributed by atoms with van der Waals surface area (Å²) in [6, 6.07) is 8.56. The molecule has 1 aromatic heterocycles. The van der Waals surface area contributed by atoms with Gasteiger partial charge >= 0.3 is 11.9 Å². The number of nitrogens with one attached hydrogen (secondary N) is 3. The molecule has 10 heteroatoms. The molecule has 1 aromatic carbocycles. The van der Waals surface area contributed by atoms with Gasteiger partial charge in [-0.15, -0.1) is 0 Å². The minimum atomic E-state index is -1.05. The van der Waals surface area contributed by atoms with E-state index >= 15 is 0 Å². The molecular formula is C25H32N4O5S. The summed E-state index contributed by atoms with van der Waals surface area (Å²) < 4.78 is 10.3. The third-order valence-corrected chi connectivity index (χ3v) is 5.12. The third kappa shape index (κ3) is 8.64. The van der Waals surface area contributed by atoms with Crippen molar-refractivity contribution >= 4 is 46.6 Å². The smallest absolute Gasteiger partial charge is 0.396 e. The normalized spacial score (nSPS) is 10.8. The van der Waals surface area contributed by atoms with E-state index in [1.807, 2.05) is 18.2 Å². The van der Waals surface area contributed by atoms with Crippen LogP contribution in [0.15, 0.2) is 36.5 Å². The van der Waals surface area contributed by atoms with Crippen molar-refractivity contribution in [3.63, 3.8) is 0 Å². The number of hydrogen-bond donors (Lipinski definition) is 3. The second kappa shape index (κ2) is 12.8. The standard InChI is InChI=1S/C25H32N4O5S/c1-6-7-8-13-34-19-11-10-17(14-18(19)25(2,3)4)27-24(35)29-21(30)16-9-12-20(26-15-16)28-22(31)23(32)33-5/h9-12,14-15H,6-8,13H2,1-5H3,(H,26,28,31)(H2,27,29,30,35). The van der Waals surface area contributed by atoms with Gasteiger partial charge in [-0.2, -0.15) is 0 Å². The van der Waals surface area contributed by atoms with Crippen LogP contribution in [0.4, 0.5) is 11.5 Å². The lowest BCUT2D eigenvalue weighted by Gasteiger charge is -2.24. The van der Waals surface area contributed by atoms with E-state index in [-0.39, 0.29) is 21.9 Å². The Bertz CT molecular complexity index is 1060. The molecule has 0 aliphatic rings. The molecule has 35 heavy (non-hydrogen) atoms. The molecule has 0 bridgehead atoms. The first-order chi connectivity index (χ1) is 16.5. The second-order valence-corrected chi connectivity index (χ2v) is 9.21. The largest absolute Gasteiger partial charge is 0.493 e. The molecule has 2 rings (SSSR count). The fraction of sp³-hybridized carbons (Fsp3) is 0.400. The lowest BCUT2D eigenvalue weighted by Crippen LogP contribution is -2.34. The molecule has 0 aliphatic carbocycles. The number of esters is 1. The highest BCUT2D eigenvalue weighted by Crippen LogP contribution is 2.33. The Labute approximate surface area is 211 Å². The van der Waals surface area contributed by atoms with Crippen LogP contribution in [-0.2, 0) is 19.7 Å². The number of anilines is 2. The van der Waals surface area contributed by atoms with Gasteiger partial charge in [-0.1, -0.05) is 40.5 Å². The maximum absolute atomic E-state index is 12.5. The topological polar surface area (TPSA) is 119 Å². The minimum absolute atomic E-state index is 0.101. The van der Waals surface area contributed by atoms with E-state index < -0.39 is 17.8 Å². The number of amides is 2. The highest BCUT2D eigenvalue weighted by Gasteiger charge is 2.20. The van der Waals surface area contributed by atoms with Crippen LogP contribution in [0.2, 0.25) is 0 Å². The van der Waals surface area contributed by atoms with Gasteiger partial charge in [0.05, 0.1) is 19.3 Å². The number of aromatic nitrogens is 1. The van der Waals surface area contributed by atoms with Gasteiger partial charge in [-0.05, 0) is 54.4 Å². The van der Waals surface area contributed by atoms with Crippen molar-refractivity contribution in [3.8, 4) is 5.75 Å². The van der Waals surface area contributed by atoms with E-state index in [1.165, 1.54) is 18.3 Å². The lowest BCUT2D eigenvalue weighted by molar-refractivity contribution is -0.150. The fourth-order valence-electron chi connectivity index (χ4n) is 3.05. The molecule has 0 saturated carbocycles. The summed E-state index contributed by atoms with van der Waals surface area (Å²) in [5, 5.41) is 8.02. The monoisotopic (exact) mass is 500 g/mol. The number of hydrogen-bond acceptors (Lipinski definition) is 7. The van der Waals surface area contributed by atoms with Crippen LogP contribution in [0.1, 0.15) is 62.9 Å². The van der Waals surface area contributed by atoms with Crippen molar-refractivity contribution in [2.24, 2.45) is 0 Å². The van der Waals surface area contributed by atoms with E-state index in [4.69, 9.17) is 17.0 Å². The SMILES string of the molecule is CCCCCOc1ccc(NC(=S)NC(=O)c2ccc(NC(=O)C(=O)OC)nc2)cc1C(C)(C)C. The van der Waals surface area contributed by atoms with Crippen molar-refractivity contribution in [2.75, 3.05) is 24.4 Å². The summed E-state index contributed by atoms with van der Waals surface area (Å²) in [4.78, 5) is 39.2. The zero-order valence-electron chi connectivity index (χ0n) is 20.7. The molecule has 0 atom stereocenters. The molecule has 3 N–H and O–H groups in total. The van der Waals surface area contributed by atoms with Crippen molar-refractivity contribution in [1.29, 1.82) is 0 Å². The van der Waals surface area contributed by atoms with Crippen LogP contribution in [-0.4, -0.2) is 41.6 Å². The van der Waals surface area contributed by atoms with Crippen molar-refractivity contribution in [1.82, 2.24) is 10.3 Å². The molecular weight excluding hydrogens is 468 g/mol. The van der Waals surface area contributed by atoms with Crippen LogP contribution in [0.3, 0.4) is 0 Å². The predicted octanol–water partition coefficient (Wildman–Crippen LogP) is 4.19. The summed E-state index contributed by atoms with van der Waals surface area (Å²) in [7, 11) is 1.10. The second-order valence-electron chi connectivity index (χ2n) is 8.80. The molecule has 188 valence electrons. The predicted molar refractivity (Wildman–Crippen MR) is 139 cm³/mol. The molecule has 0 spiro atoms. The third-order valence-electron chi connectivity index (χ3n) is 4.92. The molecule has 2 aromatic rings. The number of thiocarbonyl (C=S) groups is 1. The number of ether oxygens (including phenoxy) is 2. The first-order valence-corrected chi connectivity index (χ1v) is 11.7. The number of pyridine rings is 1. The Morgan fingerprint density at radius 1 is 1.06 bits per heavy atom. The van der Waals surface area contributed by atoms with E-state index in [1.54, 1.807) is 0 Å². The zero-order valence-corrected chi connectivity index (χ0v) is 21.5. The van der Waals surface area contributed by atoms with E-state index in [2.05, 4.69) is 53.4 Å². The summed E-state index contributed by atoms with van der Waals surface area (Å²) in [5.74, 6) is -1.55. The minimum Gasteiger partial charge on any atom is -0.493 e. The van der Waals surface area contributed by atoms with Crippen molar-refractivity contribution in [2.45, 2.75) is 52.4 Å². The van der Waals surface area contributed by atoms with Gasteiger partial charge in [0, 0.05) is 17.4 Å². The quantitative estimate of drug-likeness (QED) is 0.214. The highest BCUT2D eigenvalue weighted by atomic mass is 32.1. The highest BCUT2D eigenvalue weighted by molar-refractivity contribution is 7.80. The number of methoxy groups -OCH3 is 1. The van der Waals surface area contributed by atoms with Crippen LogP contribution < -0.4 is 20.7 Å². The molecule has 0 radical (unpaired) electrons. The van der Waals surface area contributed by atoms with E-state index in [9.17, 15) is 14.4 Å². The summed E-state index contributed by atoms with van der Waals surface area (Å²) in [6.45, 7) is 9.14. The maximum atomic E-state index is 12.5. The first kappa shape index (κ1) is 27.7. The molecule has 0 saturated heterocycles. The van der Waals surface area contributed by atoms with Gasteiger partial charge in [0.2, 0.25) is 0 Å². The molecule has 0 fully saturated rings. The Balaban J connectivity index is 2.01. The van der Waals surface area contributed by atoms with Gasteiger partial charge in [0.25, 0.3) is 5.91 Å². The summed E-state index contributed by atoms with van der Waals surface area (Å²) in [6.07, 6.45) is 4.52. The first-order valence-electron chi connectivity index (χ1n) is 11.3. The average molecular weight is 501 g/mol. The van der Waals surface area contributed by atoms with Gasteiger partial charge < -0.3 is 20.1 Å². The number of benzene rings is 1. The molecule has 2 amide bonds. The Hall–Kier alpha value is -3.53. The Morgan fingerprint density at radius 2 is 1.80 bits per heavy atom. The van der Waals surface area contributed by atoms with Gasteiger partial charge in [0.15, 0.2) is 5.11 Å². The number of rotatable bonds is 8. The lowest BCUT2D eigenvalue weighted by atomic mass is 9.86. The van der Waals surface area contributed by atoms with E-state index in [0.717, 1.165) is 43.4 Å². The van der Waals surface area contributed by atoms with Gasteiger partial charge in [-0.25, -0.2) is 9.78 Å². The maximum Gasteiger partial charge on any atom is 0.396 e. The molecule has 0 aliphatic heterocycles. The van der Waals surface area contributed by atoms with Crippen molar-refractivity contribution in [3.05, 3.63) is 47.7 Å². The Kier molecular flexibility index (Phi) is 10.1. The van der Waals surface area contributed by atoms with Crippen LogP contribution >= 0.6 is 12.2 Å². The number of carbonyl (C=O) groups excluding carboxylic acids is 3. The summed E-state index contributed by atoms with van der Waals surface area (Å²) in [5.41, 5.74) is 1.82. The van der Waals surface area contributed by atoms with Gasteiger partial charge in [-0.3, -0.25) is 14.9 Å². The summed E-state index contributed by atoms with van der Waals surface area (Å²) >= 11 is 5.30. The van der Waals surface area contributed by atoms with E-state index in [0.29, 0.717) is 6.61 Å².